The van der Waals surface area contributed by atoms with Gasteiger partial charge in [0, 0.05) is 13.1 Å². The fraction of sp³-hybridized carbons (Fsp3) is 0.800. The molecule has 9 heteroatoms. The van der Waals surface area contributed by atoms with Crippen LogP contribution in [0.15, 0.2) is 6.33 Å². The molecule has 1 saturated heterocycles. The number of aromatic nitrogens is 3. The van der Waals surface area contributed by atoms with Crippen molar-refractivity contribution in [2.75, 3.05) is 19.3 Å². The third-order valence-corrected chi connectivity index (χ3v) is 4.75. The molecule has 1 fully saturated rings. The molecule has 1 aliphatic rings. The largest absolute Gasteiger partial charge is 0.271 e. The number of nitrogens with two attached hydrogens (primary N) is 1. The Hall–Kier alpha value is -1.03. The SMILES string of the molecule is CS(=O)(=O)N1CCCC(CC(NN)c2ncn[nH]2)C1. The van der Waals surface area contributed by atoms with Gasteiger partial charge in [0.05, 0.1) is 12.3 Å². The van der Waals surface area contributed by atoms with Crippen LogP contribution in [0.25, 0.3) is 0 Å². The van der Waals surface area contributed by atoms with Crippen LogP contribution in [0.3, 0.4) is 0 Å². The third-order valence-electron chi connectivity index (χ3n) is 3.48. The Morgan fingerprint density at radius 1 is 1.68 bits per heavy atom. The van der Waals surface area contributed by atoms with Gasteiger partial charge >= 0.3 is 0 Å². The summed E-state index contributed by atoms with van der Waals surface area (Å²) in [6.45, 7) is 1.16. The van der Waals surface area contributed by atoms with Crippen molar-refractivity contribution >= 4 is 10.0 Å². The summed E-state index contributed by atoms with van der Waals surface area (Å²) in [6.07, 6.45) is 5.30. The first-order valence-corrected chi connectivity index (χ1v) is 8.12. The second-order valence-corrected chi connectivity index (χ2v) is 6.94. The number of sulfonamides is 1. The minimum Gasteiger partial charge on any atom is -0.271 e. The Bertz CT molecular complexity index is 488. The van der Waals surface area contributed by atoms with Crippen molar-refractivity contribution in [1.29, 1.82) is 0 Å². The number of hydrazine groups is 1. The van der Waals surface area contributed by atoms with Crippen molar-refractivity contribution < 1.29 is 8.42 Å². The maximum Gasteiger partial charge on any atom is 0.211 e. The normalized spacial score (nSPS) is 23.4. The summed E-state index contributed by atoms with van der Waals surface area (Å²) in [4.78, 5) is 4.08. The van der Waals surface area contributed by atoms with Gasteiger partial charge in [-0.1, -0.05) is 0 Å². The van der Waals surface area contributed by atoms with Gasteiger partial charge in [0.1, 0.15) is 12.2 Å². The van der Waals surface area contributed by atoms with Gasteiger partial charge in [-0.05, 0) is 25.2 Å². The second kappa shape index (κ2) is 5.95. The first-order valence-electron chi connectivity index (χ1n) is 6.27. The van der Waals surface area contributed by atoms with Gasteiger partial charge in [0.25, 0.3) is 0 Å². The zero-order valence-electron chi connectivity index (χ0n) is 10.9. The molecular formula is C10H20N6O2S. The van der Waals surface area contributed by atoms with Crippen molar-refractivity contribution in [2.24, 2.45) is 11.8 Å². The van der Waals surface area contributed by atoms with Crippen LogP contribution in [0.2, 0.25) is 0 Å². The van der Waals surface area contributed by atoms with E-state index in [0.717, 1.165) is 19.3 Å². The number of piperidine rings is 1. The Morgan fingerprint density at radius 2 is 2.47 bits per heavy atom. The van der Waals surface area contributed by atoms with Crippen molar-refractivity contribution in [3.05, 3.63) is 12.2 Å². The molecule has 0 spiro atoms. The summed E-state index contributed by atoms with van der Waals surface area (Å²) < 4.78 is 24.7. The van der Waals surface area contributed by atoms with Crippen molar-refractivity contribution in [2.45, 2.75) is 25.3 Å². The molecule has 108 valence electrons. The fourth-order valence-corrected chi connectivity index (χ4v) is 3.44. The minimum atomic E-state index is -3.11. The standard InChI is InChI=1S/C10H20N6O2S/c1-19(17,18)16-4-2-3-8(6-16)5-9(14-11)10-12-7-13-15-10/h7-9,14H,2-6,11H2,1H3,(H,12,13,15). The van der Waals surface area contributed by atoms with E-state index in [0.29, 0.717) is 18.9 Å². The van der Waals surface area contributed by atoms with E-state index in [-0.39, 0.29) is 12.0 Å². The van der Waals surface area contributed by atoms with Gasteiger partial charge in [-0.25, -0.2) is 23.1 Å². The van der Waals surface area contributed by atoms with E-state index in [4.69, 9.17) is 5.84 Å². The molecule has 2 rings (SSSR count). The van der Waals surface area contributed by atoms with Crippen LogP contribution in [0.4, 0.5) is 0 Å². The van der Waals surface area contributed by atoms with E-state index in [1.165, 1.54) is 16.9 Å². The van der Waals surface area contributed by atoms with Gasteiger partial charge in [-0.15, -0.1) is 0 Å². The highest BCUT2D eigenvalue weighted by Gasteiger charge is 2.28. The van der Waals surface area contributed by atoms with Crippen LogP contribution in [-0.4, -0.2) is 47.2 Å². The van der Waals surface area contributed by atoms with Crippen LogP contribution < -0.4 is 11.3 Å². The monoisotopic (exact) mass is 288 g/mol. The Labute approximate surface area is 112 Å². The van der Waals surface area contributed by atoms with Crippen LogP contribution in [0, 0.1) is 5.92 Å². The summed E-state index contributed by atoms with van der Waals surface area (Å²) in [5.74, 6) is 6.48. The van der Waals surface area contributed by atoms with Crippen LogP contribution >= 0.6 is 0 Å². The predicted molar refractivity (Wildman–Crippen MR) is 70.2 cm³/mol. The molecule has 0 radical (unpaired) electrons. The maximum atomic E-state index is 11.6. The summed E-state index contributed by atoms with van der Waals surface area (Å²) >= 11 is 0. The summed E-state index contributed by atoms with van der Waals surface area (Å²) in [5, 5.41) is 6.58. The van der Waals surface area contributed by atoms with E-state index < -0.39 is 10.0 Å². The Balaban J connectivity index is 1.98. The number of aromatic amines is 1. The average Bonchev–Trinajstić information content (AvgIpc) is 2.89. The number of nitrogens with one attached hydrogen (secondary N) is 2. The van der Waals surface area contributed by atoms with E-state index in [1.54, 1.807) is 0 Å². The Morgan fingerprint density at radius 3 is 3.05 bits per heavy atom. The van der Waals surface area contributed by atoms with E-state index >= 15 is 0 Å². The summed E-state index contributed by atoms with van der Waals surface area (Å²) in [5.41, 5.74) is 2.70. The van der Waals surface area contributed by atoms with Crippen LogP contribution in [-0.2, 0) is 10.0 Å². The quantitative estimate of drug-likeness (QED) is 0.490. The lowest BCUT2D eigenvalue weighted by molar-refractivity contribution is 0.236. The molecule has 1 aromatic heterocycles. The molecule has 1 aliphatic heterocycles. The lowest BCUT2D eigenvalue weighted by Crippen LogP contribution is -2.41. The highest BCUT2D eigenvalue weighted by Crippen LogP contribution is 2.26. The number of H-pyrrole nitrogens is 1. The van der Waals surface area contributed by atoms with Crippen LogP contribution in [0.5, 0.6) is 0 Å². The molecule has 2 unspecified atom stereocenters. The van der Waals surface area contributed by atoms with E-state index in [2.05, 4.69) is 20.6 Å². The van der Waals surface area contributed by atoms with Gasteiger partial charge in [0.2, 0.25) is 10.0 Å². The van der Waals surface area contributed by atoms with Gasteiger partial charge < -0.3 is 0 Å². The highest BCUT2D eigenvalue weighted by molar-refractivity contribution is 7.88. The van der Waals surface area contributed by atoms with Crippen molar-refractivity contribution in [3.8, 4) is 0 Å². The maximum absolute atomic E-state index is 11.6. The molecule has 0 bridgehead atoms. The average molecular weight is 288 g/mol. The lowest BCUT2D eigenvalue weighted by atomic mass is 9.92. The number of nitrogens with zero attached hydrogens (tertiary/aromatic N) is 3. The number of hydrogen-bond donors (Lipinski definition) is 3. The molecule has 2 atom stereocenters. The third kappa shape index (κ3) is 3.72. The summed E-state index contributed by atoms with van der Waals surface area (Å²) in [6, 6.07) is -0.132. The van der Waals surface area contributed by atoms with Gasteiger partial charge in [0.15, 0.2) is 0 Å². The molecule has 1 aromatic rings. The molecule has 19 heavy (non-hydrogen) atoms. The smallest absolute Gasteiger partial charge is 0.211 e. The Kier molecular flexibility index (Phi) is 4.50. The van der Waals surface area contributed by atoms with Crippen LogP contribution in [0.1, 0.15) is 31.1 Å². The number of hydrogen-bond acceptors (Lipinski definition) is 6. The molecule has 8 nitrogen and oxygen atoms in total. The van der Waals surface area contributed by atoms with Gasteiger partial charge in [-0.3, -0.25) is 10.9 Å². The van der Waals surface area contributed by atoms with E-state index in [1.807, 2.05) is 0 Å². The fourth-order valence-electron chi connectivity index (χ4n) is 2.50. The summed E-state index contributed by atoms with van der Waals surface area (Å²) in [7, 11) is -3.11. The number of rotatable bonds is 5. The second-order valence-electron chi connectivity index (χ2n) is 4.95. The minimum absolute atomic E-state index is 0.132. The molecule has 0 aliphatic carbocycles. The zero-order valence-corrected chi connectivity index (χ0v) is 11.7. The first-order chi connectivity index (χ1) is 9.00. The molecule has 2 heterocycles. The molecule has 0 saturated carbocycles. The van der Waals surface area contributed by atoms with Crippen molar-refractivity contribution in [3.63, 3.8) is 0 Å². The van der Waals surface area contributed by atoms with Gasteiger partial charge in [-0.2, -0.15) is 5.10 Å². The van der Waals surface area contributed by atoms with E-state index in [9.17, 15) is 8.42 Å². The molecular weight excluding hydrogens is 268 g/mol. The first kappa shape index (κ1) is 14.4. The zero-order chi connectivity index (χ0) is 13.9. The highest BCUT2D eigenvalue weighted by atomic mass is 32.2. The molecule has 0 aromatic carbocycles. The molecule has 4 N–H and O–H groups in total. The molecule has 0 amide bonds. The lowest BCUT2D eigenvalue weighted by Gasteiger charge is -2.32. The topological polar surface area (TPSA) is 117 Å². The van der Waals surface area contributed by atoms with Crippen molar-refractivity contribution in [1.82, 2.24) is 24.9 Å². The predicted octanol–water partition coefficient (Wildman–Crippen LogP) is -0.629.